The van der Waals surface area contributed by atoms with E-state index < -0.39 is 0 Å². The zero-order valence-corrected chi connectivity index (χ0v) is 31.8. The molecule has 0 spiro atoms. The number of rotatable bonds is 34. The maximum atomic E-state index is 12.5. The Balaban J connectivity index is 4.22. The Labute approximate surface area is 301 Å². The Morgan fingerprint density at radius 2 is 1.09 bits per heavy atom. The molecule has 0 radical (unpaired) electrons. The Morgan fingerprint density at radius 1 is 0.587 bits per heavy atom. The Kier molecular flexibility index (Phi) is 32.8. The molecule has 0 rings (SSSR count). The number of hydrogen-bond donors (Lipinski definition) is 6. The van der Waals surface area contributed by atoms with Gasteiger partial charge in [0.15, 0.2) is 0 Å². The van der Waals surface area contributed by atoms with E-state index in [1.807, 2.05) is 0 Å². The van der Waals surface area contributed by atoms with E-state index in [0.717, 1.165) is 62.9 Å². The topological polar surface area (TPSA) is 114 Å². The van der Waals surface area contributed by atoms with Crippen LogP contribution in [0.5, 0.6) is 0 Å². The van der Waals surface area contributed by atoms with Gasteiger partial charge >= 0.3 is 0 Å². The Hall–Kier alpha value is -0.440. The molecule has 0 heterocycles. The summed E-state index contributed by atoms with van der Waals surface area (Å²) >= 11 is 17.5. The molecular weight excluding hydrogens is 663 g/mol. The second kappa shape index (κ2) is 33.1. The predicted octanol–water partition coefficient (Wildman–Crippen LogP) is 5.02. The molecule has 0 aromatic carbocycles. The van der Waals surface area contributed by atoms with E-state index in [4.69, 9.17) is 9.47 Å². The summed E-state index contributed by atoms with van der Waals surface area (Å²) in [4.78, 5) is 51.3. The zero-order valence-electron chi connectivity index (χ0n) is 28.2. The highest BCUT2D eigenvalue weighted by atomic mass is 32.1. The van der Waals surface area contributed by atoms with Crippen molar-refractivity contribution < 1.29 is 28.7 Å². The van der Waals surface area contributed by atoms with Gasteiger partial charge in [0.1, 0.15) is 11.6 Å². The minimum Gasteiger partial charge on any atom is -0.382 e. The third-order valence-electron chi connectivity index (χ3n) is 7.61. The number of ether oxygens (including phenoxy) is 2. The molecule has 2 unspecified atom stereocenters. The fraction of sp³-hybridized carbons (Fsp3) is 0.879. The van der Waals surface area contributed by atoms with Crippen molar-refractivity contribution >= 4 is 73.9 Å². The van der Waals surface area contributed by atoms with Crippen LogP contribution < -0.4 is 10.6 Å². The number of thiol groups is 4. The van der Waals surface area contributed by atoms with Crippen LogP contribution in [0.2, 0.25) is 0 Å². The van der Waals surface area contributed by atoms with Gasteiger partial charge in [-0.2, -0.15) is 50.5 Å². The van der Waals surface area contributed by atoms with Gasteiger partial charge in [0.2, 0.25) is 11.8 Å². The van der Waals surface area contributed by atoms with Crippen LogP contribution in [0.3, 0.4) is 0 Å². The van der Waals surface area contributed by atoms with Crippen LogP contribution >= 0.6 is 50.5 Å². The van der Waals surface area contributed by atoms with E-state index in [1.165, 1.54) is 0 Å². The van der Waals surface area contributed by atoms with Crippen molar-refractivity contribution in [3.8, 4) is 0 Å². The SMILES string of the molecule is COCCOCCN(CCC(=O)CCCNC(=O)CCCCC(S)CCS)CCC(=O)NCCCC(=O)CCCCC(S)CCS. The fourth-order valence-electron chi connectivity index (χ4n) is 4.72. The average molecular weight is 726 g/mol. The number of nitrogens with zero attached hydrogens (tertiary/aromatic N) is 1. The molecule has 0 bridgehead atoms. The number of methoxy groups -OCH3 is 1. The van der Waals surface area contributed by atoms with Gasteiger partial charge in [-0.1, -0.05) is 12.8 Å². The summed E-state index contributed by atoms with van der Waals surface area (Å²) in [7, 11) is 1.62. The van der Waals surface area contributed by atoms with E-state index >= 15 is 0 Å². The first-order chi connectivity index (χ1) is 22.2. The first-order valence-electron chi connectivity index (χ1n) is 17.1. The minimum atomic E-state index is -0.0630. The Morgan fingerprint density at radius 3 is 1.65 bits per heavy atom. The average Bonchev–Trinajstić information content (AvgIpc) is 3.02. The molecule has 0 aliphatic heterocycles. The largest absolute Gasteiger partial charge is 0.382 e. The zero-order chi connectivity index (χ0) is 34.3. The van der Waals surface area contributed by atoms with Crippen LogP contribution in [-0.4, -0.2) is 110 Å². The summed E-state index contributed by atoms with van der Waals surface area (Å²) in [6.07, 6.45) is 11.6. The highest BCUT2D eigenvalue weighted by Gasteiger charge is 2.12. The van der Waals surface area contributed by atoms with Crippen molar-refractivity contribution in [2.75, 3.05) is 71.2 Å². The Bertz CT molecular complexity index is 740. The van der Waals surface area contributed by atoms with Crippen LogP contribution in [-0.2, 0) is 28.7 Å². The monoisotopic (exact) mass is 725 g/mol. The highest BCUT2D eigenvalue weighted by molar-refractivity contribution is 7.81. The molecule has 9 nitrogen and oxygen atoms in total. The van der Waals surface area contributed by atoms with Gasteiger partial charge in [0.25, 0.3) is 0 Å². The molecule has 2 N–H and O–H groups in total. The van der Waals surface area contributed by atoms with Crippen LogP contribution in [0.25, 0.3) is 0 Å². The molecular formula is C33H63N3O6S4. The molecule has 2 amide bonds. The molecule has 46 heavy (non-hydrogen) atoms. The van der Waals surface area contributed by atoms with Crippen molar-refractivity contribution in [2.45, 2.75) is 113 Å². The number of ketones is 2. The van der Waals surface area contributed by atoms with Gasteiger partial charge < -0.3 is 25.0 Å². The summed E-state index contributed by atoms with van der Waals surface area (Å²) in [5.74, 6) is 2.00. The van der Waals surface area contributed by atoms with Crippen LogP contribution in [0.15, 0.2) is 0 Å². The molecule has 0 aliphatic rings. The quantitative estimate of drug-likeness (QED) is 0.0408. The second-order valence-electron chi connectivity index (χ2n) is 11.8. The van der Waals surface area contributed by atoms with Crippen molar-refractivity contribution in [1.82, 2.24) is 15.5 Å². The lowest BCUT2D eigenvalue weighted by molar-refractivity contribution is -0.123. The van der Waals surface area contributed by atoms with Crippen LogP contribution in [0.1, 0.15) is 103 Å². The molecule has 270 valence electrons. The molecule has 0 saturated heterocycles. The lowest BCUT2D eigenvalue weighted by Gasteiger charge is -2.22. The number of amides is 2. The smallest absolute Gasteiger partial charge is 0.221 e. The summed E-state index contributed by atoms with van der Waals surface area (Å²) in [6, 6.07) is 0. The fourth-order valence-corrected chi connectivity index (χ4v) is 6.38. The van der Waals surface area contributed by atoms with Gasteiger partial charge in [0.05, 0.1) is 19.8 Å². The second-order valence-corrected chi connectivity index (χ2v) is 14.1. The summed E-state index contributed by atoms with van der Waals surface area (Å²) < 4.78 is 10.6. The molecule has 0 aliphatic carbocycles. The lowest BCUT2D eigenvalue weighted by Crippen LogP contribution is -2.35. The van der Waals surface area contributed by atoms with Crippen LogP contribution in [0.4, 0.5) is 0 Å². The van der Waals surface area contributed by atoms with Crippen molar-refractivity contribution in [1.29, 1.82) is 0 Å². The highest BCUT2D eigenvalue weighted by Crippen LogP contribution is 2.14. The van der Waals surface area contributed by atoms with E-state index in [-0.39, 0.29) is 23.4 Å². The number of unbranched alkanes of at least 4 members (excludes halogenated alkanes) is 2. The van der Waals surface area contributed by atoms with E-state index in [0.29, 0.717) is 114 Å². The third-order valence-corrected chi connectivity index (χ3v) is 9.16. The third kappa shape index (κ3) is 30.9. The molecule has 13 heteroatoms. The first kappa shape index (κ1) is 45.6. The first-order valence-corrected chi connectivity index (χ1v) is 19.4. The predicted molar refractivity (Wildman–Crippen MR) is 202 cm³/mol. The van der Waals surface area contributed by atoms with E-state index in [9.17, 15) is 19.2 Å². The van der Waals surface area contributed by atoms with Gasteiger partial charge in [0, 0.05) is 88.9 Å². The molecule has 2 atom stereocenters. The number of hydrogen-bond acceptors (Lipinski definition) is 11. The van der Waals surface area contributed by atoms with Crippen LogP contribution in [0, 0.1) is 0 Å². The number of nitrogens with one attached hydrogen (secondary N) is 2. The standard InChI is InChI=1S/C33H63N3O6S4/c1-41-24-25-42-23-22-36(20-14-29(38)10-7-18-34-32(39)13-5-4-12-31(46)17-27-44)21-15-33(40)35-19-6-9-28(37)8-2-3-11-30(45)16-26-43/h30-31,43-46H,2-27H2,1H3,(H,34,39)(H,35,40). The van der Waals surface area contributed by atoms with Crippen molar-refractivity contribution in [3.05, 3.63) is 0 Å². The number of carbonyl (C=O) groups excluding carboxylic acids is 4. The lowest BCUT2D eigenvalue weighted by atomic mass is 10.1. The summed E-state index contributed by atoms with van der Waals surface area (Å²) in [5.41, 5.74) is 0. The maximum Gasteiger partial charge on any atom is 0.221 e. The maximum absolute atomic E-state index is 12.5. The molecule has 0 aromatic heterocycles. The van der Waals surface area contributed by atoms with E-state index in [1.54, 1.807) is 7.11 Å². The molecule has 0 saturated carbocycles. The summed E-state index contributed by atoms with van der Waals surface area (Å²) in [5, 5.41) is 6.53. The number of Topliss-reactive ketones (excluding diaryl/α,β-unsaturated/α-hetero) is 2. The van der Waals surface area contributed by atoms with Crippen molar-refractivity contribution in [3.63, 3.8) is 0 Å². The summed E-state index contributed by atoms with van der Waals surface area (Å²) in [6.45, 7) is 4.14. The van der Waals surface area contributed by atoms with Gasteiger partial charge in [-0.15, -0.1) is 0 Å². The molecule has 0 aromatic rings. The minimum absolute atomic E-state index is 0.0279. The normalized spacial score (nSPS) is 12.7. The van der Waals surface area contributed by atoms with Gasteiger partial charge in [-0.25, -0.2) is 0 Å². The van der Waals surface area contributed by atoms with Crippen molar-refractivity contribution in [2.24, 2.45) is 0 Å². The van der Waals surface area contributed by atoms with E-state index in [2.05, 4.69) is 66.0 Å². The van der Waals surface area contributed by atoms with Gasteiger partial charge in [-0.3, -0.25) is 19.2 Å². The molecule has 0 fully saturated rings. The van der Waals surface area contributed by atoms with Gasteiger partial charge in [-0.05, 0) is 62.9 Å². The number of carbonyl (C=O) groups is 4.